The first kappa shape index (κ1) is 3.61. The summed E-state index contributed by atoms with van der Waals surface area (Å²) in [5, 5.41) is 1.71. The second kappa shape index (κ2) is 4.01. The van der Waals surface area contributed by atoms with E-state index in [1.807, 2.05) is 0 Å². The molecule has 4 nitrogen and oxygen atoms in total. The number of nitrogens with one attached hydrogen (secondary N) is 1. The Hall–Kier alpha value is 0.01000. The van der Waals surface area contributed by atoms with Gasteiger partial charge >= 0.3 is 6.72 Å². The zero-order valence-electron chi connectivity index (χ0n) is 11.1. The molecule has 0 aliphatic rings. The molecule has 0 aromatic heterocycles. The number of hydrogen-bond acceptors (Lipinski definition) is 4. The molecule has 0 radical (unpaired) electrons. The van der Waals surface area contributed by atoms with Gasteiger partial charge in [0, 0.05) is 18.1 Å². The highest BCUT2D eigenvalue weighted by molar-refractivity contribution is 8.55. The third-order valence-corrected chi connectivity index (χ3v) is 2.82. The van der Waals surface area contributed by atoms with Gasteiger partial charge in [-0.15, -0.1) is 0 Å². The molecular weight excluding hydrogens is 173 g/mol. The van der Waals surface area contributed by atoms with Crippen LogP contribution in [0.1, 0.15) is 15.1 Å². The van der Waals surface area contributed by atoms with Crippen molar-refractivity contribution in [1.82, 2.24) is 5.09 Å². The van der Waals surface area contributed by atoms with Gasteiger partial charge in [-0.25, -0.2) is 0 Å². The molecule has 0 spiro atoms. The van der Waals surface area contributed by atoms with Crippen LogP contribution in [0.3, 0.4) is 0 Å². The van der Waals surface area contributed by atoms with Crippen LogP contribution in [0, 0.1) is 0 Å². The van der Waals surface area contributed by atoms with Crippen LogP contribution in [0.25, 0.3) is 0 Å². The van der Waals surface area contributed by atoms with Crippen LogP contribution < -0.4 is 5.09 Å². The van der Waals surface area contributed by atoms with Gasteiger partial charge in [-0.3, -0.25) is 14.4 Å². The molecule has 0 heterocycles. The minimum Gasteiger partial charge on any atom is -0.309 e. The lowest BCUT2D eigenvalue weighted by molar-refractivity contribution is -0.117. The summed E-state index contributed by atoms with van der Waals surface area (Å²) in [6.45, 7) is -3.36. The van der Waals surface area contributed by atoms with Gasteiger partial charge in [0.15, 0.2) is 0 Å². The third-order valence-electron chi connectivity index (χ3n) is 0.535. The standard InChI is InChI=1S/C4H10NO3PS/c1-4(6)5-9(7,8-2)10-3/h1-3H3,(H,5,6,7)/i2D3,3D3. The molecular formula is C4H10NO3PS. The molecule has 0 bridgehead atoms. The van der Waals surface area contributed by atoms with E-state index in [4.69, 9.17) is 8.22 Å². The highest BCUT2D eigenvalue weighted by atomic mass is 32.7. The van der Waals surface area contributed by atoms with Crippen molar-refractivity contribution in [2.75, 3.05) is 13.2 Å². The van der Waals surface area contributed by atoms with E-state index in [0.717, 1.165) is 6.92 Å². The summed E-state index contributed by atoms with van der Waals surface area (Å²) in [5.74, 6) is -0.843. The maximum absolute atomic E-state index is 11.7. The number of amides is 1. The summed E-state index contributed by atoms with van der Waals surface area (Å²) in [6.07, 6.45) is -2.75. The summed E-state index contributed by atoms with van der Waals surface area (Å²) in [4.78, 5) is 10.7. The van der Waals surface area contributed by atoms with E-state index < -0.39 is 25.9 Å². The second-order valence-electron chi connectivity index (χ2n) is 1.35. The minimum absolute atomic E-state index is 0.199. The number of carbonyl (C=O) groups excluding carboxylic acids is 1. The first-order chi connectivity index (χ1) is 6.83. The normalized spacial score (nSPS) is 27.3. The molecule has 10 heavy (non-hydrogen) atoms. The molecule has 1 atom stereocenters. The lowest BCUT2D eigenvalue weighted by Crippen LogP contribution is -2.15. The molecule has 0 fully saturated rings. The first-order valence-corrected chi connectivity index (χ1v) is 5.18. The van der Waals surface area contributed by atoms with Gasteiger partial charge in [0.05, 0.1) is 4.11 Å². The van der Waals surface area contributed by atoms with Crippen LogP contribution in [-0.4, -0.2) is 19.1 Å². The second-order valence-corrected chi connectivity index (χ2v) is 4.92. The van der Waals surface area contributed by atoms with E-state index in [2.05, 4.69) is 4.52 Å². The van der Waals surface area contributed by atoms with Crippen molar-refractivity contribution in [2.45, 2.75) is 6.92 Å². The molecule has 1 unspecified atom stereocenters. The minimum atomic E-state index is -4.33. The molecule has 0 saturated carbocycles. The molecule has 0 aromatic rings. The average molecular weight is 189 g/mol. The molecule has 0 saturated heterocycles. The molecule has 0 aliphatic carbocycles. The van der Waals surface area contributed by atoms with Crippen LogP contribution in [0.5, 0.6) is 0 Å². The summed E-state index contributed by atoms with van der Waals surface area (Å²) < 4.78 is 56.6. The van der Waals surface area contributed by atoms with Gasteiger partial charge in [0.1, 0.15) is 0 Å². The SMILES string of the molecule is [2H]C([2H])([2H])OP(=O)(NC(C)=O)SC([2H])([2H])[2H]. The highest BCUT2D eigenvalue weighted by Gasteiger charge is 2.20. The molecule has 1 N–H and O–H groups in total. The third kappa shape index (κ3) is 3.25. The predicted octanol–water partition coefficient (Wildman–Crippen LogP) is 1.24. The van der Waals surface area contributed by atoms with E-state index in [9.17, 15) is 9.36 Å². The van der Waals surface area contributed by atoms with Crippen LogP contribution in [0.15, 0.2) is 0 Å². The van der Waals surface area contributed by atoms with E-state index in [1.54, 1.807) is 5.09 Å². The molecule has 0 aliphatic heterocycles. The van der Waals surface area contributed by atoms with Crippen LogP contribution in [0.4, 0.5) is 0 Å². The first-order valence-electron chi connectivity index (χ1n) is 5.13. The zero-order chi connectivity index (χ0) is 13.2. The summed E-state index contributed by atoms with van der Waals surface area (Å²) in [7, 11) is -3.06. The predicted molar refractivity (Wildman–Crippen MR) is 41.9 cm³/mol. The van der Waals surface area contributed by atoms with Crippen LogP contribution in [-0.2, 0) is 13.9 Å². The Balaban J connectivity index is 4.90. The Kier molecular flexibility index (Phi) is 1.45. The smallest absolute Gasteiger partial charge is 0.309 e. The fourth-order valence-corrected chi connectivity index (χ4v) is 1.41. The Morgan fingerprint density at radius 3 is 3.00 bits per heavy atom. The summed E-state index contributed by atoms with van der Waals surface area (Å²) >= 11 is -0.199. The van der Waals surface area contributed by atoms with Crippen LogP contribution >= 0.6 is 18.1 Å². The lowest BCUT2D eigenvalue weighted by Gasteiger charge is -2.11. The van der Waals surface area contributed by atoms with Crippen molar-refractivity contribution in [3.05, 3.63) is 0 Å². The van der Waals surface area contributed by atoms with Crippen molar-refractivity contribution in [3.63, 3.8) is 0 Å². The van der Waals surface area contributed by atoms with Gasteiger partial charge in [0.25, 0.3) is 0 Å². The Morgan fingerprint density at radius 2 is 2.60 bits per heavy atom. The molecule has 0 rings (SSSR count). The molecule has 6 heteroatoms. The largest absolute Gasteiger partial charge is 0.352 e. The van der Waals surface area contributed by atoms with Gasteiger partial charge in [-0.2, -0.15) is 0 Å². The average Bonchev–Trinajstić information content (AvgIpc) is 1.69. The maximum atomic E-state index is 11.7. The van der Waals surface area contributed by atoms with Gasteiger partial charge in [0.2, 0.25) is 5.91 Å². The van der Waals surface area contributed by atoms with Gasteiger partial charge in [-0.1, -0.05) is 11.4 Å². The fraction of sp³-hybridized carbons (Fsp3) is 0.750. The van der Waals surface area contributed by atoms with E-state index in [-0.39, 0.29) is 11.4 Å². The van der Waals surface area contributed by atoms with Crippen molar-refractivity contribution >= 4 is 24.0 Å². The number of hydrogen-bond donors (Lipinski definition) is 1. The van der Waals surface area contributed by atoms with E-state index in [1.165, 1.54) is 0 Å². The molecule has 0 aromatic carbocycles. The molecule has 1 amide bonds. The topological polar surface area (TPSA) is 55.4 Å². The maximum Gasteiger partial charge on any atom is 0.352 e. The zero-order valence-corrected chi connectivity index (χ0v) is 6.79. The van der Waals surface area contributed by atoms with E-state index in [0.29, 0.717) is 0 Å². The number of rotatable bonds is 3. The van der Waals surface area contributed by atoms with Crippen molar-refractivity contribution < 1.29 is 22.1 Å². The monoisotopic (exact) mass is 189 g/mol. The summed E-state index contributed by atoms with van der Waals surface area (Å²) in [5.41, 5.74) is 0. The Morgan fingerprint density at radius 1 is 1.90 bits per heavy atom. The lowest BCUT2D eigenvalue weighted by atomic mass is 10.8. The van der Waals surface area contributed by atoms with Gasteiger partial charge in [-0.05, 0) is 6.18 Å². The fourth-order valence-electron chi connectivity index (χ4n) is 0.257. The summed E-state index contributed by atoms with van der Waals surface area (Å²) in [6, 6.07) is 0. The quantitative estimate of drug-likeness (QED) is 0.678. The highest BCUT2D eigenvalue weighted by Crippen LogP contribution is 2.53. The van der Waals surface area contributed by atoms with Crippen molar-refractivity contribution in [1.29, 1.82) is 0 Å². The van der Waals surface area contributed by atoms with Gasteiger partial charge < -0.3 is 4.52 Å². The van der Waals surface area contributed by atoms with E-state index >= 15 is 0 Å². The van der Waals surface area contributed by atoms with Crippen molar-refractivity contribution in [3.8, 4) is 0 Å². The van der Waals surface area contributed by atoms with Crippen LogP contribution in [0.2, 0.25) is 0 Å². The number of carbonyl (C=O) groups is 1. The molecule has 60 valence electrons. The Labute approximate surface area is 72.4 Å². The van der Waals surface area contributed by atoms with Crippen molar-refractivity contribution in [2.24, 2.45) is 0 Å². The Bertz CT molecular complexity index is 294.